The molecule has 1 amide bonds. The maximum Gasteiger partial charge on any atom is 0.405 e. The van der Waals surface area contributed by atoms with Crippen LogP contribution in [-0.2, 0) is 0 Å². The molecule has 1 fully saturated rings. The summed E-state index contributed by atoms with van der Waals surface area (Å²) in [7, 11) is 0. The van der Waals surface area contributed by atoms with Crippen LogP contribution in [0.4, 0.5) is 4.79 Å². The fraction of sp³-hybridized carbons (Fsp3) is 0.833. The molecule has 0 aromatic rings. The second kappa shape index (κ2) is 2.12. The van der Waals surface area contributed by atoms with Crippen LogP contribution in [0.3, 0.4) is 0 Å². The summed E-state index contributed by atoms with van der Waals surface area (Å²) in [5.74, 6) is 0. The molecule has 1 rings (SSSR count). The van der Waals surface area contributed by atoms with Gasteiger partial charge in [-0.3, -0.25) is 0 Å². The van der Waals surface area contributed by atoms with Gasteiger partial charge in [-0.25, -0.2) is 4.79 Å². The van der Waals surface area contributed by atoms with E-state index in [0.717, 1.165) is 0 Å². The van der Waals surface area contributed by atoms with Gasteiger partial charge >= 0.3 is 6.09 Å². The molecule has 4 heteroatoms. The van der Waals surface area contributed by atoms with E-state index in [2.05, 4.69) is 5.32 Å². The van der Waals surface area contributed by atoms with Gasteiger partial charge in [-0.05, 0) is 19.8 Å². The number of nitrogens with one attached hydrogen (secondary N) is 1. The maximum absolute atomic E-state index is 10.1. The van der Waals surface area contributed by atoms with E-state index < -0.39 is 6.09 Å². The fourth-order valence-electron chi connectivity index (χ4n) is 1.34. The van der Waals surface area contributed by atoms with Gasteiger partial charge < -0.3 is 15.5 Å². The van der Waals surface area contributed by atoms with Crippen molar-refractivity contribution < 1.29 is 15.0 Å². The standard InChI is InChI=1S/C6H11NO3/c1-6(7-5(9)10)2-4(8)3-6/h4,7-8H,2-3H2,1H3,(H,9,10)/t4-,6-. The average Bonchev–Trinajstić information content (AvgIpc) is 1.57. The molecule has 0 aromatic carbocycles. The van der Waals surface area contributed by atoms with Crippen molar-refractivity contribution >= 4 is 6.09 Å². The van der Waals surface area contributed by atoms with E-state index in [4.69, 9.17) is 10.2 Å². The molecule has 58 valence electrons. The van der Waals surface area contributed by atoms with Crippen molar-refractivity contribution in [1.82, 2.24) is 5.32 Å². The van der Waals surface area contributed by atoms with E-state index >= 15 is 0 Å². The van der Waals surface area contributed by atoms with Crippen molar-refractivity contribution in [2.24, 2.45) is 0 Å². The molecule has 0 bridgehead atoms. The first kappa shape index (κ1) is 7.34. The molecule has 0 saturated heterocycles. The van der Waals surface area contributed by atoms with Gasteiger partial charge in [-0.2, -0.15) is 0 Å². The minimum Gasteiger partial charge on any atom is -0.465 e. The minimum absolute atomic E-state index is 0.322. The number of aliphatic hydroxyl groups is 1. The number of aliphatic hydroxyl groups excluding tert-OH is 1. The van der Waals surface area contributed by atoms with E-state index in [0.29, 0.717) is 12.8 Å². The summed E-state index contributed by atoms with van der Waals surface area (Å²) in [5, 5.41) is 19.5. The van der Waals surface area contributed by atoms with Gasteiger partial charge in [0, 0.05) is 5.54 Å². The van der Waals surface area contributed by atoms with Crippen molar-refractivity contribution in [3.63, 3.8) is 0 Å². The van der Waals surface area contributed by atoms with Crippen LogP contribution < -0.4 is 5.32 Å². The topological polar surface area (TPSA) is 69.6 Å². The Morgan fingerprint density at radius 2 is 2.20 bits per heavy atom. The van der Waals surface area contributed by atoms with Crippen LogP contribution >= 0.6 is 0 Å². The van der Waals surface area contributed by atoms with Gasteiger partial charge in [0.25, 0.3) is 0 Å². The molecule has 0 unspecified atom stereocenters. The lowest BCUT2D eigenvalue weighted by molar-refractivity contribution is 0.0141. The predicted molar refractivity (Wildman–Crippen MR) is 34.8 cm³/mol. The Kier molecular flexibility index (Phi) is 1.56. The summed E-state index contributed by atoms with van der Waals surface area (Å²) in [6.45, 7) is 1.79. The average molecular weight is 145 g/mol. The molecule has 0 heterocycles. The Labute approximate surface area is 58.9 Å². The predicted octanol–water partition coefficient (Wildman–Crippen LogP) is 0.167. The summed E-state index contributed by atoms with van der Waals surface area (Å²) in [6, 6.07) is 0. The molecule has 1 aliphatic rings. The lowest BCUT2D eigenvalue weighted by Gasteiger charge is -2.42. The molecule has 3 N–H and O–H groups in total. The van der Waals surface area contributed by atoms with Crippen LogP contribution in [0.25, 0.3) is 0 Å². The van der Waals surface area contributed by atoms with E-state index in [1.165, 1.54) is 0 Å². The lowest BCUT2D eigenvalue weighted by atomic mass is 9.76. The fourth-order valence-corrected chi connectivity index (χ4v) is 1.34. The summed E-state index contributed by atoms with van der Waals surface area (Å²) in [4.78, 5) is 10.1. The third-order valence-electron chi connectivity index (χ3n) is 1.78. The van der Waals surface area contributed by atoms with E-state index in [1.54, 1.807) is 6.92 Å². The second-order valence-electron chi connectivity index (χ2n) is 3.05. The molecule has 0 spiro atoms. The SMILES string of the molecule is C[C@]1(NC(=O)O)C[C@H](O)C1. The molecular weight excluding hydrogens is 134 g/mol. The molecule has 4 nitrogen and oxygen atoms in total. The van der Waals surface area contributed by atoms with Crippen LogP contribution in [0.15, 0.2) is 0 Å². The number of carboxylic acid groups (broad SMARTS) is 1. The molecule has 1 aliphatic carbocycles. The molecule has 0 aliphatic heterocycles. The van der Waals surface area contributed by atoms with Crippen molar-refractivity contribution in [2.45, 2.75) is 31.4 Å². The highest BCUT2D eigenvalue weighted by Crippen LogP contribution is 2.31. The first-order valence-electron chi connectivity index (χ1n) is 3.21. The van der Waals surface area contributed by atoms with Gasteiger partial charge in [0.2, 0.25) is 0 Å². The summed E-state index contributed by atoms with van der Waals surface area (Å²) in [5.41, 5.74) is -0.384. The van der Waals surface area contributed by atoms with Crippen molar-refractivity contribution in [2.75, 3.05) is 0 Å². The third-order valence-corrected chi connectivity index (χ3v) is 1.78. The number of rotatable bonds is 1. The normalized spacial score (nSPS) is 38.4. The van der Waals surface area contributed by atoms with Gasteiger partial charge in [0.05, 0.1) is 6.10 Å². The van der Waals surface area contributed by atoms with E-state index in [1.807, 2.05) is 0 Å². The van der Waals surface area contributed by atoms with Crippen molar-refractivity contribution in [1.29, 1.82) is 0 Å². The second-order valence-corrected chi connectivity index (χ2v) is 3.05. The van der Waals surface area contributed by atoms with E-state index in [-0.39, 0.29) is 11.6 Å². The zero-order valence-electron chi connectivity index (χ0n) is 5.79. The molecule has 0 aromatic heterocycles. The smallest absolute Gasteiger partial charge is 0.405 e. The Morgan fingerprint density at radius 3 is 2.50 bits per heavy atom. The molecule has 0 atom stereocenters. The van der Waals surface area contributed by atoms with Crippen molar-refractivity contribution in [3.05, 3.63) is 0 Å². The zero-order valence-corrected chi connectivity index (χ0v) is 5.79. The van der Waals surface area contributed by atoms with Gasteiger partial charge in [-0.1, -0.05) is 0 Å². The molecule has 0 radical (unpaired) electrons. The van der Waals surface area contributed by atoms with Gasteiger partial charge in [0.1, 0.15) is 0 Å². The van der Waals surface area contributed by atoms with Crippen LogP contribution in [-0.4, -0.2) is 27.9 Å². The van der Waals surface area contributed by atoms with E-state index in [9.17, 15) is 4.79 Å². The highest BCUT2D eigenvalue weighted by Gasteiger charge is 2.40. The Morgan fingerprint density at radius 1 is 1.70 bits per heavy atom. The van der Waals surface area contributed by atoms with Crippen LogP contribution in [0.2, 0.25) is 0 Å². The summed E-state index contributed by atoms with van der Waals surface area (Å²) < 4.78 is 0. The van der Waals surface area contributed by atoms with Crippen LogP contribution in [0.1, 0.15) is 19.8 Å². The highest BCUT2D eigenvalue weighted by atomic mass is 16.4. The highest BCUT2D eigenvalue weighted by molar-refractivity contribution is 5.65. The molecule has 1 saturated carbocycles. The number of carbonyl (C=O) groups is 1. The summed E-state index contributed by atoms with van der Waals surface area (Å²) >= 11 is 0. The largest absolute Gasteiger partial charge is 0.465 e. The monoisotopic (exact) mass is 145 g/mol. The molecule has 10 heavy (non-hydrogen) atoms. The summed E-state index contributed by atoms with van der Waals surface area (Å²) in [6.07, 6.45) is -0.287. The van der Waals surface area contributed by atoms with Gasteiger partial charge in [-0.15, -0.1) is 0 Å². The van der Waals surface area contributed by atoms with Crippen LogP contribution in [0.5, 0.6) is 0 Å². The van der Waals surface area contributed by atoms with Crippen LogP contribution in [0, 0.1) is 0 Å². The Balaban J connectivity index is 2.34. The number of amides is 1. The first-order chi connectivity index (χ1) is 4.52. The van der Waals surface area contributed by atoms with Crippen molar-refractivity contribution in [3.8, 4) is 0 Å². The maximum atomic E-state index is 10.1. The quantitative estimate of drug-likeness (QED) is 0.492. The van der Waals surface area contributed by atoms with Gasteiger partial charge in [0.15, 0.2) is 0 Å². The lowest BCUT2D eigenvalue weighted by Crippen LogP contribution is -2.56. The Bertz CT molecular complexity index is 151. The number of hydrogen-bond donors (Lipinski definition) is 3. The minimum atomic E-state index is -1.02. The first-order valence-corrected chi connectivity index (χ1v) is 3.21. The Hall–Kier alpha value is -0.770. The zero-order chi connectivity index (χ0) is 7.78. The third kappa shape index (κ3) is 1.39. The number of hydrogen-bond acceptors (Lipinski definition) is 2. The molecular formula is C6H11NO3.